The van der Waals surface area contributed by atoms with Crippen LogP contribution in [0.5, 0.6) is 0 Å². The normalized spacial score (nSPS) is 17.9. The van der Waals surface area contributed by atoms with Crippen LogP contribution in [-0.4, -0.2) is 23.9 Å². The Morgan fingerprint density at radius 3 is 2.00 bits per heavy atom. The van der Waals surface area contributed by atoms with Gasteiger partial charge in [-0.1, -0.05) is 11.1 Å². The zero-order valence-corrected chi connectivity index (χ0v) is 8.18. The van der Waals surface area contributed by atoms with Crippen molar-refractivity contribution in [3.63, 3.8) is 0 Å². The van der Waals surface area contributed by atoms with Crippen LogP contribution in [0.25, 0.3) is 0 Å². The predicted octanol–water partition coefficient (Wildman–Crippen LogP) is 1.97. The third kappa shape index (κ3) is 2.10. The number of hydrogen-bond donors (Lipinski definition) is 0. The lowest BCUT2D eigenvalue weighted by Gasteiger charge is -2.28. The Balaban J connectivity index is 2.51. The molecule has 0 aliphatic carbocycles. The number of hydrogen-bond acceptors (Lipinski definition) is 1. The second kappa shape index (κ2) is 3.74. The van der Waals surface area contributed by atoms with Gasteiger partial charge in [0.05, 0.1) is 0 Å². The Morgan fingerprint density at radius 2 is 1.67 bits per heavy atom. The summed E-state index contributed by atoms with van der Waals surface area (Å²) in [5, 5.41) is 0. The first-order valence-electron chi connectivity index (χ1n) is 4.52. The minimum Gasteiger partial charge on any atom is -0.342 e. The van der Waals surface area contributed by atoms with E-state index in [0.717, 1.165) is 25.9 Å². The van der Waals surface area contributed by atoms with Gasteiger partial charge in [0.1, 0.15) is 0 Å². The summed E-state index contributed by atoms with van der Waals surface area (Å²) in [7, 11) is 0. The molecule has 1 aliphatic rings. The van der Waals surface area contributed by atoms with E-state index < -0.39 is 0 Å². The largest absolute Gasteiger partial charge is 0.342 e. The van der Waals surface area contributed by atoms with Crippen LogP contribution in [0, 0.1) is 0 Å². The Labute approximate surface area is 74.2 Å². The smallest absolute Gasteiger partial charge is 0.219 e. The first-order chi connectivity index (χ1) is 5.61. The fraction of sp³-hybridized carbons (Fsp3) is 0.700. The van der Waals surface area contributed by atoms with Crippen LogP contribution in [-0.2, 0) is 4.79 Å². The maximum Gasteiger partial charge on any atom is 0.219 e. The molecule has 68 valence electrons. The highest BCUT2D eigenvalue weighted by Crippen LogP contribution is 2.19. The molecule has 0 aromatic carbocycles. The van der Waals surface area contributed by atoms with E-state index in [1.807, 2.05) is 4.90 Å². The summed E-state index contributed by atoms with van der Waals surface area (Å²) in [6.45, 7) is 7.77. The third-order valence-corrected chi connectivity index (χ3v) is 2.52. The molecule has 1 rings (SSSR count). The van der Waals surface area contributed by atoms with Crippen LogP contribution in [0.3, 0.4) is 0 Å². The number of carbonyl (C=O) groups excluding carboxylic acids is 1. The van der Waals surface area contributed by atoms with Crippen LogP contribution in [0.2, 0.25) is 0 Å². The van der Waals surface area contributed by atoms with E-state index in [0.29, 0.717) is 0 Å². The number of likely N-dealkylation sites (tertiary alicyclic amines) is 1. The van der Waals surface area contributed by atoms with Crippen LogP contribution >= 0.6 is 0 Å². The molecule has 0 spiro atoms. The van der Waals surface area contributed by atoms with Gasteiger partial charge in [-0.25, -0.2) is 0 Å². The second-order valence-electron chi connectivity index (χ2n) is 3.61. The minimum atomic E-state index is 0.211. The van der Waals surface area contributed by atoms with Gasteiger partial charge >= 0.3 is 0 Å². The van der Waals surface area contributed by atoms with E-state index in [1.165, 1.54) is 11.1 Å². The van der Waals surface area contributed by atoms with Crippen molar-refractivity contribution in [3.8, 4) is 0 Å². The van der Waals surface area contributed by atoms with Gasteiger partial charge in [0.25, 0.3) is 0 Å². The van der Waals surface area contributed by atoms with Crippen molar-refractivity contribution in [1.82, 2.24) is 4.90 Å². The van der Waals surface area contributed by atoms with E-state index in [1.54, 1.807) is 6.92 Å². The van der Waals surface area contributed by atoms with Crippen LogP contribution in [0.15, 0.2) is 11.1 Å². The number of allylic oxidation sites excluding steroid dienone is 1. The van der Waals surface area contributed by atoms with Crippen molar-refractivity contribution in [2.24, 2.45) is 0 Å². The number of amides is 1. The number of rotatable bonds is 0. The summed E-state index contributed by atoms with van der Waals surface area (Å²) in [6, 6.07) is 0. The Hall–Kier alpha value is -0.790. The topological polar surface area (TPSA) is 20.3 Å². The molecule has 0 aromatic heterocycles. The molecule has 0 radical (unpaired) electrons. The number of piperidine rings is 1. The average molecular weight is 167 g/mol. The van der Waals surface area contributed by atoms with Crippen molar-refractivity contribution in [1.29, 1.82) is 0 Å². The van der Waals surface area contributed by atoms with Crippen LogP contribution < -0.4 is 0 Å². The lowest BCUT2D eigenvalue weighted by molar-refractivity contribution is -0.129. The summed E-state index contributed by atoms with van der Waals surface area (Å²) in [5.41, 5.74) is 2.96. The van der Waals surface area contributed by atoms with Crippen molar-refractivity contribution < 1.29 is 4.79 Å². The van der Waals surface area contributed by atoms with E-state index in [2.05, 4.69) is 13.8 Å². The fourth-order valence-corrected chi connectivity index (χ4v) is 1.59. The van der Waals surface area contributed by atoms with Gasteiger partial charge in [-0.3, -0.25) is 4.79 Å². The third-order valence-electron chi connectivity index (χ3n) is 2.52. The monoisotopic (exact) mass is 167 g/mol. The van der Waals surface area contributed by atoms with Gasteiger partial charge in [0, 0.05) is 20.0 Å². The highest BCUT2D eigenvalue weighted by molar-refractivity contribution is 5.73. The predicted molar refractivity (Wildman–Crippen MR) is 49.9 cm³/mol. The Kier molecular flexibility index (Phi) is 2.90. The van der Waals surface area contributed by atoms with Crippen molar-refractivity contribution >= 4 is 5.91 Å². The van der Waals surface area contributed by atoms with Gasteiger partial charge in [0.2, 0.25) is 5.91 Å². The standard InChI is InChI=1S/C10H17NO/c1-8(2)10-4-6-11(7-5-10)9(3)12/h4-7H2,1-3H3. The molecule has 1 saturated heterocycles. The molecular weight excluding hydrogens is 150 g/mol. The number of nitrogens with zero attached hydrogens (tertiary/aromatic N) is 1. The zero-order valence-electron chi connectivity index (χ0n) is 8.18. The molecule has 1 aliphatic heterocycles. The molecule has 2 heteroatoms. The molecular formula is C10H17NO. The summed E-state index contributed by atoms with van der Waals surface area (Å²) in [5.74, 6) is 0.211. The van der Waals surface area contributed by atoms with E-state index in [9.17, 15) is 4.79 Å². The molecule has 1 amide bonds. The molecule has 0 saturated carbocycles. The molecule has 1 heterocycles. The Bertz CT molecular complexity index is 204. The van der Waals surface area contributed by atoms with Crippen molar-refractivity contribution in [2.75, 3.05) is 13.1 Å². The van der Waals surface area contributed by atoms with E-state index in [4.69, 9.17) is 0 Å². The molecule has 2 nitrogen and oxygen atoms in total. The van der Waals surface area contributed by atoms with Crippen molar-refractivity contribution in [2.45, 2.75) is 33.6 Å². The molecule has 0 bridgehead atoms. The minimum absolute atomic E-state index is 0.211. The molecule has 0 N–H and O–H groups in total. The lowest BCUT2D eigenvalue weighted by Crippen LogP contribution is -2.34. The highest BCUT2D eigenvalue weighted by Gasteiger charge is 2.15. The fourth-order valence-electron chi connectivity index (χ4n) is 1.59. The first kappa shape index (κ1) is 9.30. The maximum absolute atomic E-state index is 11.0. The Morgan fingerprint density at radius 1 is 1.17 bits per heavy atom. The first-order valence-corrected chi connectivity index (χ1v) is 4.52. The summed E-state index contributed by atoms with van der Waals surface area (Å²) < 4.78 is 0. The molecule has 1 fully saturated rings. The lowest BCUT2D eigenvalue weighted by atomic mass is 10.00. The van der Waals surface area contributed by atoms with Gasteiger partial charge in [-0.2, -0.15) is 0 Å². The van der Waals surface area contributed by atoms with Gasteiger partial charge in [0.15, 0.2) is 0 Å². The van der Waals surface area contributed by atoms with Gasteiger partial charge in [-0.05, 0) is 26.7 Å². The van der Waals surface area contributed by atoms with Crippen LogP contribution in [0.1, 0.15) is 33.6 Å². The van der Waals surface area contributed by atoms with Gasteiger partial charge < -0.3 is 4.90 Å². The summed E-state index contributed by atoms with van der Waals surface area (Å²) in [6.07, 6.45) is 2.14. The molecule has 0 aromatic rings. The van der Waals surface area contributed by atoms with E-state index >= 15 is 0 Å². The van der Waals surface area contributed by atoms with Crippen LogP contribution in [0.4, 0.5) is 0 Å². The average Bonchev–Trinajstić information content (AvgIpc) is 2.04. The quantitative estimate of drug-likeness (QED) is 0.505. The van der Waals surface area contributed by atoms with E-state index in [-0.39, 0.29) is 5.91 Å². The molecule has 0 unspecified atom stereocenters. The SMILES string of the molecule is CC(=O)N1CCC(=C(C)C)CC1. The molecule has 12 heavy (non-hydrogen) atoms. The zero-order chi connectivity index (χ0) is 9.14. The second-order valence-corrected chi connectivity index (χ2v) is 3.61. The summed E-state index contributed by atoms with van der Waals surface area (Å²) >= 11 is 0. The maximum atomic E-state index is 11.0. The molecule has 0 atom stereocenters. The number of carbonyl (C=O) groups is 1. The van der Waals surface area contributed by atoms with Gasteiger partial charge in [-0.15, -0.1) is 0 Å². The van der Waals surface area contributed by atoms with Crippen molar-refractivity contribution in [3.05, 3.63) is 11.1 Å². The highest BCUT2D eigenvalue weighted by atomic mass is 16.2. The summed E-state index contributed by atoms with van der Waals surface area (Å²) in [4.78, 5) is 12.9.